The van der Waals surface area contributed by atoms with Crippen molar-refractivity contribution in [3.8, 4) is 67.2 Å². The lowest BCUT2D eigenvalue weighted by Gasteiger charge is -2.16. The Balaban J connectivity index is 1.48. The highest BCUT2D eigenvalue weighted by molar-refractivity contribution is 6.20. The van der Waals surface area contributed by atoms with Crippen LogP contribution in [0.4, 0.5) is 0 Å². The molecule has 8 aromatic rings. The molecule has 1 amide bonds. The van der Waals surface area contributed by atoms with Crippen LogP contribution in [0.3, 0.4) is 0 Å². The summed E-state index contributed by atoms with van der Waals surface area (Å²) < 4.78 is 2.24. The fourth-order valence-corrected chi connectivity index (χ4v) is 6.95. The number of rotatable bonds is 7. The van der Waals surface area contributed by atoms with Crippen LogP contribution >= 0.6 is 0 Å². The van der Waals surface area contributed by atoms with Gasteiger partial charge in [0.25, 0.3) is 5.91 Å². The molecule has 6 aromatic carbocycles. The van der Waals surface area contributed by atoms with Crippen LogP contribution in [0.1, 0.15) is 10.5 Å². The first-order chi connectivity index (χ1) is 24.1. The molecule has 0 saturated heterocycles. The zero-order valence-electron chi connectivity index (χ0n) is 27.0. The van der Waals surface area contributed by atoms with Gasteiger partial charge in [-0.25, -0.2) is 4.98 Å². The summed E-state index contributed by atoms with van der Waals surface area (Å²) in [6.45, 7) is 0. The molecule has 49 heavy (non-hydrogen) atoms. The predicted octanol–water partition coefficient (Wildman–Crippen LogP) is 10.7. The first-order valence-corrected chi connectivity index (χ1v) is 16.4. The van der Waals surface area contributed by atoms with Gasteiger partial charge in [-0.15, -0.1) is 0 Å². The van der Waals surface area contributed by atoms with E-state index in [1.54, 1.807) is 0 Å². The molecule has 2 heterocycles. The average molecular weight is 632 g/mol. The Bertz CT molecular complexity index is 2420. The van der Waals surface area contributed by atoms with E-state index in [4.69, 9.17) is 10.7 Å². The fourth-order valence-electron chi connectivity index (χ4n) is 6.95. The molecule has 4 heteroatoms. The Hall–Kier alpha value is -6.52. The molecule has 2 aromatic heterocycles. The summed E-state index contributed by atoms with van der Waals surface area (Å²) >= 11 is 0. The summed E-state index contributed by atoms with van der Waals surface area (Å²) in [5.74, 6) is -0.574. The standard InChI is InChI=1S/C45H33N3O/c1-48-43(36-18-10-4-11-19-36)39-38(34-26-22-32(23-27-34)30-14-6-2-7-15-30)42(45(46)49)47-41(40(39)44(48)37-20-12-5-13-21-37)35-28-24-33(25-29-35)31-16-8-3-9-17-31/h2-29H,1H3,(H2,46,49). The summed E-state index contributed by atoms with van der Waals surface area (Å²) in [4.78, 5) is 18.7. The minimum atomic E-state index is -0.574. The number of carbonyl (C=O) groups is 1. The molecule has 0 fully saturated rings. The van der Waals surface area contributed by atoms with Gasteiger partial charge in [-0.1, -0.05) is 170 Å². The van der Waals surface area contributed by atoms with E-state index in [0.29, 0.717) is 5.69 Å². The van der Waals surface area contributed by atoms with Crippen LogP contribution in [-0.4, -0.2) is 15.5 Å². The van der Waals surface area contributed by atoms with Crippen LogP contribution < -0.4 is 5.73 Å². The Kier molecular flexibility index (Phi) is 7.67. The fraction of sp³-hybridized carbons (Fsp3) is 0.0222. The quantitative estimate of drug-likeness (QED) is 0.190. The van der Waals surface area contributed by atoms with Gasteiger partial charge in [0.2, 0.25) is 0 Å². The smallest absolute Gasteiger partial charge is 0.267 e. The molecule has 0 unspecified atom stereocenters. The number of aromatic nitrogens is 2. The van der Waals surface area contributed by atoms with Gasteiger partial charge < -0.3 is 10.3 Å². The topological polar surface area (TPSA) is 60.9 Å². The second-order valence-electron chi connectivity index (χ2n) is 12.2. The number of hydrogen-bond donors (Lipinski definition) is 1. The molecule has 0 spiro atoms. The second-order valence-corrected chi connectivity index (χ2v) is 12.2. The van der Waals surface area contributed by atoms with Crippen molar-refractivity contribution < 1.29 is 4.79 Å². The Morgan fingerprint density at radius 1 is 0.449 bits per heavy atom. The lowest BCUT2D eigenvalue weighted by molar-refractivity contribution is 0.0996. The summed E-state index contributed by atoms with van der Waals surface area (Å²) in [7, 11) is 2.10. The van der Waals surface area contributed by atoms with E-state index in [1.807, 2.05) is 60.7 Å². The van der Waals surface area contributed by atoms with Gasteiger partial charge >= 0.3 is 0 Å². The first kappa shape index (κ1) is 29.9. The normalized spacial score (nSPS) is 11.1. The van der Waals surface area contributed by atoms with E-state index >= 15 is 0 Å². The zero-order valence-corrected chi connectivity index (χ0v) is 27.0. The third-order valence-corrected chi connectivity index (χ3v) is 9.22. The van der Waals surface area contributed by atoms with Gasteiger partial charge in [0.05, 0.1) is 17.1 Å². The Labute approximate surface area is 285 Å². The lowest BCUT2D eigenvalue weighted by atomic mass is 9.90. The van der Waals surface area contributed by atoms with Crippen LogP contribution in [0.15, 0.2) is 170 Å². The average Bonchev–Trinajstić information content (AvgIpc) is 3.48. The van der Waals surface area contributed by atoms with Crippen molar-refractivity contribution in [2.45, 2.75) is 0 Å². The van der Waals surface area contributed by atoms with Crippen molar-refractivity contribution in [3.63, 3.8) is 0 Å². The molecule has 0 aliphatic rings. The van der Waals surface area contributed by atoms with E-state index in [1.165, 1.54) is 0 Å². The van der Waals surface area contributed by atoms with Crippen LogP contribution in [0.2, 0.25) is 0 Å². The summed E-state index contributed by atoms with van der Waals surface area (Å²) in [6.07, 6.45) is 0. The molecule has 8 rings (SSSR count). The van der Waals surface area contributed by atoms with Crippen LogP contribution in [0, 0.1) is 0 Å². The maximum atomic E-state index is 13.5. The molecule has 234 valence electrons. The largest absolute Gasteiger partial charge is 0.364 e. The van der Waals surface area contributed by atoms with E-state index in [2.05, 4.69) is 121 Å². The number of benzene rings is 6. The van der Waals surface area contributed by atoms with Crippen molar-refractivity contribution in [2.24, 2.45) is 12.8 Å². The van der Waals surface area contributed by atoms with E-state index in [9.17, 15) is 4.79 Å². The van der Waals surface area contributed by atoms with Gasteiger partial charge in [-0.3, -0.25) is 4.79 Å². The number of carbonyl (C=O) groups excluding carboxylic acids is 1. The number of nitrogens with two attached hydrogens (primary N) is 1. The summed E-state index contributed by atoms with van der Waals surface area (Å²) in [6, 6.07) is 58.1. The van der Waals surface area contributed by atoms with Gasteiger partial charge in [0.15, 0.2) is 0 Å². The molecule has 0 bridgehead atoms. The molecule has 0 aliphatic carbocycles. The number of hydrogen-bond acceptors (Lipinski definition) is 2. The first-order valence-electron chi connectivity index (χ1n) is 16.4. The number of primary amides is 1. The molecule has 0 atom stereocenters. The number of fused-ring (bicyclic) bond motifs is 1. The Morgan fingerprint density at radius 2 is 0.796 bits per heavy atom. The highest BCUT2D eigenvalue weighted by Gasteiger charge is 2.29. The number of pyridine rings is 1. The van der Waals surface area contributed by atoms with Crippen molar-refractivity contribution in [1.29, 1.82) is 0 Å². The van der Waals surface area contributed by atoms with E-state index in [-0.39, 0.29) is 5.69 Å². The van der Waals surface area contributed by atoms with Crippen LogP contribution in [-0.2, 0) is 7.05 Å². The third-order valence-electron chi connectivity index (χ3n) is 9.22. The lowest BCUT2D eigenvalue weighted by Crippen LogP contribution is -2.15. The SMILES string of the molecule is Cn1c(-c2ccccc2)c2c(-c3ccc(-c4ccccc4)cc3)nc(C(N)=O)c(-c3ccc(-c4ccccc4)cc3)c2c1-c1ccccc1. The van der Waals surface area contributed by atoms with Gasteiger partial charge in [-0.05, 0) is 38.9 Å². The van der Waals surface area contributed by atoms with Gasteiger partial charge in [0.1, 0.15) is 5.69 Å². The predicted molar refractivity (Wildman–Crippen MR) is 202 cm³/mol. The molecular weight excluding hydrogens is 599 g/mol. The van der Waals surface area contributed by atoms with E-state index < -0.39 is 5.91 Å². The number of amides is 1. The molecule has 4 nitrogen and oxygen atoms in total. The van der Waals surface area contributed by atoms with Crippen LogP contribution in [0.5, 0.6) is 0 Å². The second kappa shape index (κ2) is 12.6. The highest BCUT2D eigenvalue weighted by Crippen LogP contribution is 2.48. The maximum absolute atomic E-state index is 13.5. The number of nitrogens with zero attached hydrogens (tertiary/aromatic N) is 2. The third kappa shape index (κ3) is 5.39. The highest BCUT2D eigenvalue weighted by atomic mass is 16.1. The van der Waals surface area contributed by atoms with Crippen molar-refractivity contribution in [3.05, 3.63) is 176 Å². The van der Waals surface area contributed by atoms with Gasteiger partial charge in [-0.2, -0.15) is 0 Å². The molecule has 0 radical (unpaired) electrons. The van der Waals surface area contributed by atoms with Crippen LogP contribution in [0.25, 0.3) is 77.9 Å². The summed E-state index contributed by atoms with van der Waals surface area (Å²) in [5, 5.41) is 1.90. The summed E-state index contributed by atoms with van der Waals surface area (Å²) in [5.41, 5.74) is 18.2. The molecule has 0 aliphatic heterocycles. The molecule has 0 saturated carbocycles. The Morgan fingerprint density at radius 3 is 1.22 bits per heavy atom. The minimum Gasteiger partial charge on any atom is -0.364 e. The zero-order chi connectivity index (χ0) is 33.3. The van der Waals surface area contributed by atoms with Crippen molar-refractivity contribution in [1.82, 2.24) is 9.55 Å². The van der Waals surface area contributed by atoms with Crippen molar-refractivity contribution >= 4 is 16.7 Å². The maximum Gasteiger partial charge on any atom is 0.267 e. The van der Waals surface area contributed by atoms with E-state index in [0.717, 1.165) is 72.2 Å². The monoisotopic (exact) mass is 631 g/mol. The molecular formula is C45H33N3O. The van der Waals surface area contributed by atoms with Gasteiger partial charge in [0, 0.05) is 28.9 Å². The van der Waals surface area contributed by atoms with Crippen molar-refractivity contribution in [2.75, 3.05) is 0 Å². The minimum absolute atomic E-state index is 0.240. The molecule has 2 N–H and O–H groups in total.